The fourth-order valence-electron chi connectivity index (χ4n) is 2.16. The van der Waals surface area contributed by atoms with E-state index >= 15 is 0 Å². The molecule has 0 saturated carbocycles. The first-order valence-electron chi connectivity index (χ1n) is 7.57. The van der Waals surface area contributed by atoms with Crippen molar-refractivity contribution >= 4 is 17.8 Å². The maximum Gasteiger partial charge on any atom is 0.342 e. The van der Waals surface area contributed by atoms with E-state index in [4.69, 9.17) is 14.7 Å². The number of carbonyl (C=O) groups is 2. The third-order valence-corrected chi connectivity index (χ3v) is 3.47. The largest absolute Gasteiger partial charge is 0.496 e. The van der Waals surface area contributed by atoms with Gasteiger partial charge < -0.3 is 9.47 Å². The van der Waals surface area contributed by atoms with Gasteiger partial charge in [-0.2, -0.15) is 5.26 Å². The molecule has 0 fully saturated rings. The molecule has 0 bridgehead atoms. The molecule has 0 heterocycles. The minimum Gasteiger partial charge on any atom is -0.496 e. The van der Waals surface area contributed by atoms with Crippen LogP contribution in [-0.2, 0) is 20.9 Å². The Morgan fingerprint density at radius 3 is 2.48 bits per heavy atom. The summed E-state index contributed by atoms with van der Waals surface area (Å²) in [5.74, 6) is -0.721. The van der Waals surface area contributed by atoms with Gasteiger partial charge in [-0.15, -0.1) is 0 Å². The predicted molar refractivity (Wildman–Crippen MR) is 92.6 cm³/mol. The molecule has 2 aromatic carbocycles. The molecule has 5 nitrogen and oxygen atoms in total. The van der Waals surface area contributed by atoms with Crippen LogP contribution in [0, 0.1) is 11.3 Å². The van der Waals surface area contributed by atoms with Gasteiger partial charge in [0, 0.05) is 5.56 Å². The van der Waals surface area contributed by atoms with Gasteiger partial charge in [-0.05, 0) is 36.8 Å². The summed E-state index contributed by atoms with van der Waals surface area (Å²) < 4.78 is 10.4. The lowest BCUT2D eigenvalue weighted by Gasteiger charge is -2.09. The van der Waals surface area contributed by atoms with Crippen molar-refractivity contribution in [2.24, 2.45) is 0 Å². The van der Waals surface area contributed by atoms with Crippen molar-refractivity contribution in [2.75, 3.05) is 7.11 Å². The number of carbonyl (C=O) groups excluding carboxylic acids is 2. The fraction of sp³-hybridized carbons (Fsp3) is 0.150. The molecule has 126 valence electrons. The highest BCUT2D eigenvalue weighted by molar-refractivity contribution is 6.19. The molecule has 0 amide bonds. The van der Waals surface area contributed by atoms with Gasteiger partial charge in [-0.25, -0.2) is 4.79 Å². The summed E-state index contributed by atoms with van der Waals surface area (Å²) in [4.78, 5) is 24.1. The van der Waals surface area contributed by atoms with Crippen LogP contribution in [-0.4, -0.2) is 18.9 Å². The third kappa shape index (κ3) is 4.79. The summed E-state index contributed by atoms with van der Waals surface area (Å²) in [6.45, 7) is 1.38. The lowest BCUT2D eigenvalue weighted by atomic mass is 10.1. The standard InChI is InChI=1S/C20H17NO4/c1-14(22)18(20(23)25-13-15-6-4-3-5-7-15)11-17-9-8-16(12-21)10-19(17)24-2/h3-11H,13H2,1-2H3/b18-11+. The Bertz CT molecular complexity index is 848. The van der Waals surface area contributed by atoms with E-state index in [0.717, 1.165) is 5.56 Å². The number of Topliss-reactive ketones (excluding diaryl/α,β-unsaturated/α-hetero) is 1. The molecule has 0 atom stereocenters. The third-order valence-electron chi connectivity index (χ3n) is 3.47. The normalized spacial score (nSPS) is 10.7. The van der Waals surface area contributed by atoms with Gasteiger partial charge in [0.25, 0.3) is 0 Å². The second-order valence-corrected chi connectivity index (χ2v) is 5.24. The van der Waals surface area contributed by atoms with Crippen LogP contribution in [0.2, 0.25) is 0 Å². The monoisotopic (exact) mass is 335 g/mol. The number of esters is 1. The van der Waals surface area contributed by atoms with Gasteiger partial charge in [0.2, 0.25) is 0 Å². The Labute approximate surface area is 146 Å². The zero-order valence-corrected chi connectivity index (χ0v) is 14.0. The topological polar surface area (TPSA) is 76.4 Å². The van der Waals surface area contributed by atoms with E-state index in [1.807, 2.05) is 36.4 Å². The average Bonchev–Trinajstić information content (AvgIpc) is 2.64. The zero-order chi connectivity index (χ0) is 18.2. The van der Waals surface area contributed by atoms with Gasteiger partial charge in [0.05, 0.1) is 18.7 Å². The summed E-state index contributed by atoms with van der Waals surface area (Å²) >= 11 is 0. The van der Waals surface area contributed by atoms with Crippen molar-refractivity contribution in [3.63, 3.8) is 0 Å². The quantitative estimate of drug-likeness (QED) is 0.350. The highest BCUT2D eigenvalue weighted by Crippen LogP contribution is 2.23. The van der Waals surface area contributed by atoms with E-state index in [-0.39, 0.29) is 12.2 Å². The van der Waals surface area contributed by atoms with E-state index < -0.39 is 11.8 Å². The Kier molecular flexibility index (Phi) is 6.08. The maximum absolute atomic E-state index is 12.3. The first-order chi connectivity index (χ1) is 12.0. The molecule has 0 radical (unpaired) electrons. The van der Waals surface area contributed by atoms with Crippen LogP contribution < -0.4 is 4.74 Å². The number of hydrogen-bond donors (Lipinski definition) is 0. The Hall–Kier alpha value is -3.39. The maximum atomic E-state index is 12.3. The summed E-state index contributed by atoms with van der Waals surface area (Å²) in [7, 11) is 1.45. The van der Waals surface area contributed by atoms with Crippen LogP contribution in [0.4, 0.5) is 0 Å². The van der Waals surface area contributed by atoms with Gasteiger partial charge >= 0.3 is 5.97 Å². The molecule has 0 aliphatic rings. The first kappa shape index (κ1) is 18.0. The Balaban J connectivity index is 2.25. The van der Waals surface area contributed by atoms with Crippen molar-refractivity contribution in [3.05, 3.63) is 70.8 Å². The molecule has 0 saturated heterocycles. The molecular formula is C20H17NO4. The molecule has 2 rings (SSSR count). The summed E-state index contributed by atoms with van der Waals surface area (Å²) in [6.07, 6.45) is 1.41. The molecular weight excluding hydrogens is 318 g/mol. The van der Waals surface area contributed by atoms with Crippen LogP contribution in [0.5, 0.6) is 5.75 Å². The van der Waals surface area contributed by atoms with Crippen molar-refractivity contribution in [1.82, 2.24) is 0 Å². The molecule has 0 N–H and O–H groups in total. The van der Waals surface area contributed by atoms with Crippen LogP contribution in [0.3, 0.4) is 0 Å². The van der Waals surface area contributed by atoms with Gasteiger partial charge in [-0.1, -0.05) is 30.3 Å². The second-order valence-electron chi connectivity index (χ2n) is 5.24. The van der Waals surface area contributed by atoms with Crippen molar-refractivity contribution in [3.8, 4) is 11.8 Å². The van der Waals surface area contributed by atoms with Crippen molar-refractivity contribution in [2.45, 2.75) is 13.5 Å². The second kappa shape index (κ2) is 8.46. The predicted octanol–water partition coefficient (Wildman–Crippen LogP) is 3.28. The number of methoxy groups -OCH3 is 1. The molecule has 0 unspecified atom stereocenters. The SMILES string of the molecule is COc1cc(C#N)ccc1/C=C(\C(C)=O)C(=O)OCc1ccccc1. The summed E-state index contributed by atoms with van der Waals surface area (Å²) in [5, 5.41) is 8.94. The van der Waals surface area contributed by atoms with Gasteiger partial charge in [-0.3, -0.25) is 4.79 Å². The first-order valence-corrected chi connectivity index (χ1v) is 7.57. The van der Waals surface area contributed by atoms with Gasteiger partial charge in [0.1, 0.15) is 17.9 Å². The number of ether oxygens (including phenoxy) is 2. The number of ketones is 1. The smallest absolute Gasteiger partial charge is 0.342 e. The molecule has 5 heteroatoms. The molecule has 0 aromatic heterocycles. The minimum atomic E-state index is -0.706. The molecule has 0 aliphatic carbocycles. The summed E-state index contributed by atoms with van der Waals surface area (Å²) in [6, 6.07) is 15.9. The van der Waals surface area contributed by atoms with Crippen molar-refractivity contribution in [1.29, 1.82) is 5.26 Å². The lowest BCUT2D eigenvalue weighted by Crippen LogP contribution is -2.13. The van der Waals surface area contributed by atoms with Crippen molar-refractivity contribution < 1.29 is 19.1 Å². The highest BCUT2D eigenvalue weighted by Gasteiger charge is 2.17. The molecule has 2 aromatic rings. The number of nitrogens with zero attached hydrogens (tertiary/aromatic N) is 1. The van der Waals surface area contributed by atoms with E-state index in [1.165, 1.54) is 20.1 Å². The van der Waals surface area contributed by atoms with Gasteiger partial charge in [0.15, 0.2) is 5.78 Å². The number of benzene rings is 2. The number of nitriles is 1. The van der Waals surface area contributed by atoms with E-state index in [1.54, 1.807) is 18.2 Å². The highest BCUT2D eigenvalue weighted by atomic mass is 16.5. The lowest BCUT2D eigenvalue weighted by molar-refractivity contribution is -0.141. The fourth-order valence-corrected chi connectivity index (χ4v) is 2.16. The minimum absolute atomic E-state index is 0.0782. The zero-order valence-electron chi connectivity index (χ0n) is 14.0. The van der Waals surface area contributed by atoms with E-state index in [9.17, 15) is 9.59 Å². The summed E-state index contributed by atoms with van der Waals surface area (Å²) in [5.41, 5.74) is 1.68. The van der Waals surface area contributed by atoms with Crippen LogP contribution in [0.25, 0.3) is 6.08 Å². The molecule has 0 aliphatic heterocycles. The van der Waals surface area contributed by atoms with Crippen LogP contribution in [0.15, 0.2) is 54.1 Å². The molecule has 25 heavy (non-hydrogen) atoms. The Morgan fingerprint density at radius 1 is 1.16 bits per heavy atom. The van der Waals surface area contributed by atoms with E-state index in [0.29, 0.717) is 16.9 Å². The number of rotatable bonds is 6. The van der Waals surface area contributed by atoms with Crippen LogP contribution in [0.1, 0.15) is 23.6 Å². The van der Waals surface area contributed by atoms with E-state index in [2.05, 4.69) is 0 Å². The number of hydrogen-bond acceptors (Lipinski definition) is 5. The Morgan fingerprint density at radius 2 is 1.88 bits per heavy atom. The molecule has 0 spiro atoms. The average molecular weight is 335 g/mol. The van der Waals surface area contributed by atoms with Crippen LogP contribution >= 0.6 is 0 Å².